The van der Waals surface area contributed by atoms with Gasteiger partial charge in [0.05, 0.1) is 0 Å². The van der Waals surface area contributed by atoms with E-state index in [1.807, 2.05) is 30.1 Å². The number of aromatic nitrogens is 1. The van der Waals surface area contributed by atoms with E-state index in [0.717, 1.165) is 48.4 Å². The third-order valence-corrected chi connectivity index (χ3v) is 6.79. The molecular weight excluding hydrogens is 454 g/mol. The lowest BCUT2D eigenvalue weighted by Crippen LogP contribution is -2.55. The first-order chi connectivity index (χ1) is 16.7. The van der Waals surface area contributed by atoms with E-state index in [1.165, 1.54) is 6.07 Å². The van der Waals surface area contributed by atoms with Crippen LogP contribution in [0, 0.1) is 11.6 Å². The number of hydrazine groups is 1. The Hall–Kier alpha value is -3.07. The van der Waals surface area contributed by atoms with Gasteiger partial charge in [-0.05, 0) is 62.9 Å². The van der Waals surface area contributed by atoms with Crippen LogP contribution in [0.3, 0.4) is 0 Å². The van der Waals surface area contributed by atoms with Crippen LogP contribution in [0.4, 0.5) is 18.4 Å². The third kappa shape index (κ3) is 5.15. The van der Waals surface area contributed by atoms with E-state index in [1.54, 1.807) is 25.1 Å². The number of ether oxygens (including phenoxy) is 1. The minimum absolute atomic E-state index is 0.303. The molecule has 4 rings (SSSR count). The molecule has 188 valence electrons. The maximum atomic E-state index is 14.1. The maximum Gasteiger partial charge on any atom is 0.419 e. The first kappa shape index (κ1) is 25.0. The molecule has 2 saturated heterocycles. The van der Waals surface area contributed by atoms with Gasteiger partial charge in [-0.2, -0.15) is 0 Å². The van der Waals surface area contributed by atoms with Crippen molar-refractivity contribution in [3.8, 4) is 0 Å². The van der Waals surface area contributed by atoms with E-state index in [-0.39, 0.29) is 0 Å². The molecule has 0 aliphatic carbocycles. The molecule has 0 saturated carbocycles. The molecule has 2 aromatic rings. The van der Waals surface area contributed by atoms with E-state index in [0.29, 0.717) is 31.1 Å². The van der Waals surface area contributed by atoms with Crippen LogP contribution in [-0.4, -0.2) is 57.3 Å². The molecule has 2 fully saturated rings. The smallest absolute Gasteiger partial charge is 0.419 e. The first-order valence-corrected chi connectivity index (χ1v) is 12.2. The van der Waals surface area contributed by atoms with Crippen molar-refractivity contribution in [2.75, 3.05) is 19.6 Å². The fraction of sp³-hybridized carbons (Fsp3) is 0.500. The Morgan fingerprint density at radius 3 is 2.54 bits per heavy atom. The van der Waals surface area contributed by atoms with Crippen molar-refractivity contribution in [1.29, 1.82) is 0 Å². The Bertz CT molecular complexity index is 1060. The van der Waals surface area contributed by atoms with Crippen molar-refractivity contribution in [2.24, 2.45) is 0 Å². The summed E-state index contributed by atoms with van der Waals surface area (Å²) in [5, 5.41) is 3.60. The van der Waals surface area contributed by atoms with Gasteiger partial charge in [0.15, 0.2) is 11.6 Å². The minimum Gasteiger partial charge on any atom is -0.440 e. The molecule has 1 atom stereocenters. The van der Waals surface area contributed by atoms with Gasteiger partial charge in [0, 0.05) is 37.4 Å². The van der Waals surface area contributed by atoms with Crippen molar-refractivity contribution in [3.05, 3.63) is 65.5 Å². The summed E-state index contributed by atoms with van der Waals surface area (Å²) in [7, 11) is 0. The van der Waals surface area contributed by atoms with Crippen LogP contribution in [0.15, 0.2) is 42.6 Å². The van der Waals surface area contributed by atoms with Gasteiger partial charge in [0.25, 0.3) is 0 Å². The molecular formula is C26H32F2N4O3. The lowest BCUT2D eigenvalue weighted by Gasteiger charge is -2.41. The molecule has 1 aromatic heterocycles. The summed E-state index contributed by atoms with van der Waals surface area (Å²) in [5.41, 5.74) is 0.235. The minimum atomic E-state index is -1.11. The average Bonchev–Trinajstić information content (AvgIpc) is 3.09. The Morgan fingerprint density at radius 2 is 1.91 bits per heavy atom. The molecule has 7 nitrogen and oxygen atoms in total. The fourth-order valence-corrected chi connectivity index (χ4v) is 4.98. The number of halogens is 2. The number of hydrogen-bond donors (Lipinski definition) is 0. The number of pyridine rings is 1. The number of amides is 3. The molecule has 3 heterocycles. The number of hydrogen-bond acceptors (Lipinski definition) is 5. The van der Waals surface area contributed by atoms with Gasteiger partial charge in [-0.25, -0.2) is 28.3 Å². The second kappa shape index (κ2) is 10.3. The van der Waals surface area contributed by atoms with E-state index < -0.39 is 35.4 Å². The molecule has 0 radical (unpaired) electrons. The zero-order valence-electron chi connectivity index (χ0n) is 20.4. The van der Waals surface area contributed by atoms with Gasteiger partial charge in [-0.1, -0.05) is 25.5 Å². The summed E-state index contributed by atoms with van der Waals surface area (Å²) in [6, 6.07) is 7.90. The third-order valence-electron chi connectivity index (χ3n) is 6.79. The summed E-state index contributed by atoms with van der Waals surface area (Å²) < 4.78 is 33.2. The number of unbranched alkanes of at least 4 members (excludes halogenated alkanes) is 1. The topological polar surface area (TPSA) is 66.0 Å². The monoisotopic (exact) mass is 486 g/mol. The van der Waals surface area contributed by atoms with E-state index in [2.05, 4.69) is 4.98 Å². The van der Waals surface area contributed by atoms with Gasteiger partial charge in [0.2, 0.25) is 0 Å². The summed E-state index contributed by atoms with van der Waals surface area (Å²) in [5.74, 6) is -1.72. The van der Waals surface area contributed by atoms with E-state index >= 15 is 0 Å². The van der Waals surface area contributed by atoms with Crippen molar-refractivity contribution in [1.82, 2.24) is 19.9 Å². The van der Waals surface area contributed by atoms with E-state index in [9.17, 15) is 18.4 Å². The highest BCUT2D eigenvalue weighted by atomic mass is 19.2. The Balaban J connectivity index is 1.58. The zero-order valence-corrected chi connectivity index (χ0v) is 20.4. The maximum absolute atomic E-state index is 14.1. The Kier molecular flexibility index (Phi) is 7.35. The van der Waals surface area contributed by atoms with Gasteiger partial charge < -0.3 is 4.74 Å². The molecule has 35 heavy (non-hydrogen) atoms. The van der Waals surface area contributed by atoms with Crippen LogP contribution in [-0.2, 0) is 4.74 Å². The molecule has 1 unspecified atom stereocenters. The summed E-state index contributed by atoms with van der Waals surface area (Å²) in [6.07, 6.45) is 4.28. The number of imide groups is 1. The number of urea groups is 1. The van der Waals surface area contributed by atoms with Gasteiger partial charge in [-0.3, -0.25) is 9.99 Å². The van der Waals surface area contributed by atoms with Crippen LogP contribution in [0.1, 0.15) is 69.7 Å². The number of nitrogens with zero attached hydrogens (tertiary/aromatic N) is 4. The number of benzene rings is 1. The SMILES string of the molecule is CCCCN(C(=O)N1C(=O)OC(C)(C)C1c1ccc(F)c(F)c1)N1CCC(c2ccccn2)CC1. The van der Waals surface area contributed by atoms with Crippen molar-refractivity contribution < 1.29 is 23.1 Å². The lowest BCUT2D eigenvalue weighted by atomic mass is 9.91. The predicted octanol–water partition coefficient (Wildman–Crippen LogP) is 5.65. The van der Waals surface area contributed by atoms with Crippen molar-refractivity contribution in [2.45, 2.75) is 64.0 Å². The van der Waals surface area contributed by atoms with Crippen LogP contribution in [0.2, 0.25) is 0 Å². The average molecular weight is 487 g/mol. The summed E-state index contributed by atoms with van der Waals surface area (Å²) in [6.45, 7) is 7.08. The molecule has 0 bridgehead atoms. The molecule has 2 aliphatic heterocycles. The summed E-state index contributed by atoms with van der Waals surface area (Å²) >= 11 is 0. The number of rotatable bonds is 6. The summed E-state index contributed by atoms with van der Waals surface area (Å²) in [4.78, 5) is 32.3. The fourth-order valence-electron chi connectivity index (χ4n) is 4.98. The standard InChI is InChI=1S/C26H32F2N4O3/c1-4-5-14-31(30-15-11-18(12-16-30)22-8-6-7-13-29-22)24(33)32-23(26(2,3)35-25(32)34)19-9-10-20(27)21(28)17-19/h6-10,13,17-18,23H,4-5,11-12,14-16H2,1-3H3. The quantitative estimate of drug-likeness (QED) is 0.528. The van der Waals surface area contributed by atoms with E-state index in [4.69, 9.17) is 4.74 Å². The van der Waals surface area contributed by atoms with Crippen molar-refractivity contribution in [3.63, 3.8) is 0 Å². The van der Waals surface area contributed by atoms with Crippen LogP contribution < -0.4 is 0 Å². The molecule has 0 spiro atoms. The zero-order chi connectivity index (χ0) is 25.2. The van der Waals surface area contributed by atoms with Gasteiger partial charge in [0.1, 0.15) is 11.6 Å². The predicted molar refractivity (Wildman–Crippen MR) is 126 cm³/mol. The molecule has 1 aromatic carbocycles. The van der Waals surface area contributed by atoms with Crippen LogP contribution in [0.5, 0.6) is 0 Å². The van der Waals surface area contributed by atoms with Crippen molar-refractivity contribution >= 4 is 12.1 Å². The number of carbonyl (C=O) groups excluding carboxylic acids is 2. The Morgan fingerprint density at radius 1 is 1.17 bits per heavy atom. The Labute approximate surface area is 204 Å². The second-order valence-electron chi connectivity index (χ2n) is 9.66. The molecule has 9 heteroatoms. The van der Waals surface area contributed by atoms with Gasteiger partial charge in [-0.15, -0.1) is 0 Å². The normalized spacial score (nSPS) is 20.7. The highest BCUT2D eigenvalue weighted by Gasteiger charge is 2.53. The highest BCUT2D eigenvalue weighted by molar-refractivity contribution is 5.93. The molecule has 3 amide bonds. The second-order valence-corrected chi connectivity index (χ2v) is 9.66. The lowest BCUT2D eigenvalue weighted by molar-refractivity contribution is -0.0192. The molecule has 2 aliphatic rings. The van der Waals surface area contributed by atoms with Gasteiger partial charge >= 0.3 is 12.1 Å². The van der Waals surface area contributed by atoms with Crippen LogP contribution in [0.25, 0.3) is 0 Å². The number of piperidine rings is 1. The molecule has 0 N–H and O–H groups in total. The highest BCUT2D eigenvalue weighted by Crippen LogP contribution is 2.42. The number of carbonyl (C=O) groups is 2. The largest absolute Gasteiger partial charge is 0.440 e. The number of cyclic esters (lactones) is 1. The first-order valence-electron chi connectivity index (χ1n) is 12.2. The van der Waals surface area contributed by atoms with Crippen LogP contribution >= 0.6 is 0 Å².